The van der Waals surface area contributed by atoms with Crippen LogP contribution in [0.2, 0.25) is 0 Å². The highest BCUT2D eigenvalue weighted by atomic mass is 32.1. The number of nitrogens with two attached hydrogens (primary N) is 1. The second-order valence-electron chi connectivity index (χ2n) is 4.36. The molecule has 0 bridgehead atoms. The van der Waals surface area contributed by atoms with Crippen molar-refractivity contribution < 1.29 is 0 Å². The van der Waals surface area contributed by atoms with Crippen LogP contribution in [0, 0.1) is 0 Å². The average Bonchev–Trinajstić information content (AvgIpc) is 2.73. The van der Waals surface area contributed by atoms with Gasteiger partial charge in [0.1, 0.15) is 10.8 Å². The van der Waals surface area contributed by atoms with Gasteiger partial charge in [0, 0.05) is 25.0 Å². The number of anilines is 2. The Bertz CT molecular complexity index is 507. The standard InChI is InChI=1S/C13H18N4S/c1-4-17(9(2)3)13-11(12(14)16-18-13)10-5-7-15-8-6-10/h5-9H,4H2,1-3H3,(H2,14,16). The highest BCUT2D eigenvalue weighted by molar-refractivity contribution is 7.11. The molecular weight excluding hydrogens is 244 g/mol. The zero-order chi connectivity index (χ0) is 13.1. The van der Waals surface area contributed by atoms with Gasteiger partial charge in [-0.05, 0) is 50.0 Å². The van der Waals surface area contributed by atoms with Crippen molar-refractivity contribution in [3.05, 3.63) is 24.5 Å². The van der Waals surface area contributed by atoms with Crippen molar-refractivity contribution in [2.45, 2.75) is 26.8 Å². The summed E-state index contributed by atoms with van der Waals surface area (Å²) in [6.07, 6.45) is 3.56. The first kappa shape index (κ1) is 12.8. The Morgan fingerprint density at radius 2 is 2.00 bits per heavy atom. The summed E-state index contributed by atoms with van der Waals surface area (Å²) in [5.74, 6) is 0.598. The van der Waals surface area contributed by atoms with Gasteiger partial charge in [-0.1, -0.05) is 0 Å². The molecule has 0 saturated heterocycles. The molecule has 2 rings (SSSR count). The predicted molar refractivity (Wildman–Crippen MR) is 77.9 cm³/mol. The van der Waals surface area contributed by atoms with E-state index in [0.29, 0.717) is 11.9 Å². The molecule has 0 unspecified atom stereocenters. The van der Waals surface area contributed by atoms with Crippen LogP contribution in [0.4, 0.5) is 10.8 Å². The Balaban J connectivity index is 2.51. The van der Waals surface area contributed by atoms with Crippen LogP contribution in [-0.2, 0) is 0 Å². The van der Waals surface area contributed by atoms with Gasteiger partial charge in [0.25, 0.3) is 0 Å². The molecule has 2 N–H and O–H groups in total. The topological polar surface area (TPSA) is 55.0 Å². The molecule has 0 aliphatic heterocycles. The fraction of sp³-hybridized carbons (Fsp3) is 0.385. The third-order valence-corrected chi connectivity index (χ3v) is 3.79. The summed E-state index contributed by atoms with van der Waals surface area (Å²) in [7, 11) is 0. The Morgan fingerprint density at radius 3 is 2.56 bits per heavy atom. The van der Waals surface area contributed by atoms with Crippen molar-refractivity contribution in [3.63, 3.8) is 0 Å². The minimum Gasteiger partial charge on any atom is -0.382 e. The number of hydrogen-bond acceptors (Lipinski definition) is 5. The maximum Gasteiger partial charge on any atom is 0.147 e. The maximum atomic E-state index is 6.02. The van der Waals surface area contributed by atoms with Crippen molar-refractivity contribution in [2.24, 2.45) is 0 Å². The molecule has 2 aromatic rings. The van der Waals surface area contributed by atoms with E-state index < -0.39 is 0 Å². The highest BCUT2D eigenvalue weighted by Crippen LogP contribution is 2.39. The average molecular weight is 262 g/mol. The zero-order valence-electron chi connectivity index (χ0n) is 10.9. The number of pyridine rings is 1. The summed E-state index contributed by atoms with van der Waals surface area (Å²) >= 11 is 1.46. The first-order valence-electron chi connectivity index (χ1n) is 6.07. The molecular formula is C13H18N4S. The Hall–Kier alpha value is -1.62. The van der Waals surface area contributed by atoms with Crippen LogP contribution in [-0.4, -0.2) is 21.9 Å². The van der Waals surface area contributed by atoms with E-state index >= 15 is 0 Å². The first-order valence-corrected chi connectivity index (χ1v) is 6.84. The number of hydrogen-bond donors (Lipinski definition) is 1. The molecule has 0 aromatic carbocycles. The smallest absolute Gasteiger partial charge is 0.147 e. The summed E-state index contributed by atoms with van der Waals surface area (Å²) < 4.78 is 4.30. The van der Waals surface area contributed by atoms with Crippen LogP contribution in [0.1, 0.15) is 20.8 Å². The summed E-state index contributed by atoms with van der Waals surface area (Å²) in [6.45, 7) is 7.44. The fourth-order valence-corrected chi connectivity index (χ4v) is 3.06. The van der Waals surface area contributed by atoms with Gasteiger partial charge in [0.05, 0.1) is 5.56 Å². The van der Waals surface area contributed by atoms with Gasteiger partial charge in [-0.3, -0.25) is 4.98 Å². The van der Waals surface area contributed by atoms with Gasteiger partial charge in [-0.15, -0.1) is 0 Å². The van der Waals surface area contributed by atoms with E-state index in [1.807, 2.05) is 12.1 Å². The maximum absolute atomic E-state index is 6.02. The van der Waals surface area contributed by atoms with E-state index in [2.05, 4.69) is 35.0 Å². The van der Waals surface area contributed by atoms with Crippen LogP contribution in [0.15, 0.2) is 24.5 Å². The van der Waals surface area contributed by atoms with Crippen LogP contribution in [0.25, 0.3) is 11.1 Å². The van der Waals surface area contributed by atoms with Crippen molar-refractivity contribution in [1.82, 2.24) is 9.36 Å². The van der Waals surface area contributed by atoms with Crippen molar-refractivity contribution >= 4 is 22.4 Å². The minimum atomic E-state index is 0.426. The summed E-state index contributed by atoms with van der Waals surface area (Å²) in [5.41, 5.74) is 8.12. The van der Waals surface area contributed by atoms with Crippen LogP contribution < -0.4 is 10.6 Å². The van der Waals surface area contributed by atoms with Crippen molar-refractivity contribution in [2.75, 3.05) is 17.2 Å². The van der Waals surface area contributed by atoms with Gasteiger partial charge in [-0.2, -0.15) is 4.37 Å². The quantitative estimate of drug-likeness (QED) is 0.920. The number of nitrogens with zero attached hydrogens (tertiary/aromatic N) is 3. The lowest BCUT2D eigenvalue weighted by atomic mass is 10.1. The first-order chi connectivity index (χ1) is 8.65. The summed E-state index contributed by atoms with van der Waals surface area (Å²) in [6, 6.07) is 4.37. The summed E-state index contributed by atoms with van der Waals surface area (Å²) in [5, 5.41) is 1.14. The van der Waals surface area contributed by atoms with Crippen LogP contribution >= 0.6 is 11.5 Å². The van der Waals surface area contributed by atoms with Gasteiger partial charge in [0.2, 0.25) is 0 Å². The highest BCUT2D eigenvalue weighted by Gasteiger charge is 2.19. The molecule has 2 aromatic heterocycles. The zero-order valence-corrected chi connectivity index (χ0v) is 11.7. The molecule has 0 aliphatic carbocycles. The number of aromatic nitrogens is 2. The molecule has 2 heterocycles. The lowest BCUT2D eigenvalue weighted by molar-refractivity contribution is 0.710. The third-order valence-electron chi connectivity index (χ3n) is 2.89. The molecule has 5 heteroatoms. The molecule has 0 amide bonds. The number of rotatable bonds is 4. The van der Waals surface area contributed by atoms with Crippen LogP contribution in [0.3, 0.4) is 0 Å². The summed E-state index contributed by atoms with van der Waals surface area (Å²) in [4.78, 5) is 6.35. The molecule has 0 atom stereocenters. The normalized spacial score (nSPS) is 10.9. The molecule has 0 fully saturated rings. The predicted octanol–water partition coefficient (Wildman–Crippen LogP) is 3.02. The van der Waals surface area contributed by atoms with Gasteiger partial charge in [-0.25, -0.2) is 0 Å². The van der Waals surface area contributed by atoms with Gasteiger partial charge >= 0.3 is 0 Å². The van der Waals surface area contributed by atoms with E-state index in [-0.39, 0.29) is 0 Å². The van der Waals surface area contributed by atoms with E-state index in [1.165, 1.54) is 11.5 Å². The van der Waals surface area contributed by atoms with Gasteiger partial charge < -0.3 is 10.6 Å². The molecule has 4 nitrogen and oxygen atoms in total. The Labute approximate surface area is 112 Å². The molecule has 0 saturated carbocycles. The van der Waals surface area contributed by atoms with Crippen molar-refractivity contribution in [1.29, 1.82) is 0 Å². The molecule has 18 heavy (non-hydrogen) atoms. The second-order valence-corrected chi connectivity index (χ2v) is 5.12. The SMILES string of the molecule is CCN(c1snc(N)c1-c1ccncc1)C(C)C. The second kappa shape index (κ2) is 5.35. The Morgan fingerprint density at radius 1 is 1.33 bits per heavy atom. The lowest BCUT2D eigenvalue weighted by Crippen LogP contribution is -2.29. The molecule has 0 radical (unpaired) electrons. The van der Waals surface area contributed by atoms with Gasteiger partial charge in [0.15, 0.2) is 0 Å². The molecule has 0 aliphatic rings. The van der Waals surface area contributed by atoms with E-state index in [1.54, 1.807) is 12.4 Å². The van der Waals surface area contributed by atoms with E-state index in [9.17, 15) is 0 Å². The molecule has 96 valence electrons. The van der Waals surface area contributed by atoms with Crippen LogP contribution in [0.5, 0.6) is 0 Å². The Kier molecular flexibility index (Phi) is 3.81. The number of nitrogen functional groups attached to an aromatic ring is 1. The van der Waals surface area contributed by atoms with E-state index in [4.69, 9.17) is 5.73 Å². The van der Waals surface area contributed by atoms with Crippen molar-refractivity contribution in [3.8, 4) is 11.1 Å². The monoisotopic (exact) mass is 262 g/mol. The largest absolute Gasteiger partial charge is 0.382 e. The lowest BCUT2D eigenvalue weighted by Gasteiger charge is -2.26. The fourth-order valence-electron chi connectivity index (χ4n) is 2.02. The molecule has 0 spiro atoms. The third kappa shape index (κ3) is 2.31. The minimum absolute atomic E-state index is 0.426. The van der Waals surface area contributed by atoms with E-state index in [0.717, 1.165) is 22.7 Å².